The average Bonchev–Trinajstić information content (AvgIpc) is 2.72. The average molecular weight is 570 g/mol. The summed E-state index contributed by atoms with van der Waals surface area (Å²) in [5.74, 6) is -0.573. The summed E-state index contributed by atoms with van der Waals surface area (Å²) >= 11 is 12.3. The first-order chi connectivity index (χ1) is 14.8. The molecule has 0 unspecified atom stereocenters. The van der Waals surface area contributed by atoms with Gasteiger partial charge >= 0.3 is 0 Å². The Labute approximate surface area is 202 Å². The fraction of sp³-hybridized carbons (Fsp3) is 0.227. The Hall–Kier alpha value is -2.10. The minimum Gasteiger partial charge on any atom is -0.487 e. The van der Waals surface area contributed by atoms with Crippen molar-refractivity contribution in [2.45, 2.75) is 20.5 Å². The van der Waals surface area contributed by atoms with Gasteiger partial charge in [0.05, 0.1) is 8.95 Å². The summed E-state index contributed by atoms with van der Waals surface area (Å²) in [7, 11) is 0. The number of rotatable bonds is 6. The van der Waals surface area contributed by atoms with Crippen LogP contribution in [0.4, 0.5) is 4.39 Å². The third kappa shape index (κ3) is 5.05. The van der Waals surface area contributed by atoms with E-state index in [0.29, 0.717) is 33.3 Å². The summed E-state index contributed by atoms with van der Waals surface area (Å²) in [6.45, 7) is 4.63. The molecule has 2 aromatic carbocycles. The molecule has 0 radical (unpaired) electrons. The van der Waals surface area contributed by atoms with E-state index in [1.54, 1.807) is 30.3 Å². The van der Waals surface area contributed by atoms with Crippen molar-refractivity contribution in [3.8, 4) is 5.75 Å². The largest absolute Gasteiger partial charge is 0.487 e. The lowest BCUT2D eigenvalue weighted by atomic mass is 10.1. The van der Waals surface area contributed by atoms with Crippen molar-refractivity contribution in [1.29, 1.82) is 0 Å². The van der Waals surface area contributed by atoms with Gasteiger partial charge in [-0.2, -0.15) is 0 Å². The zero-order valence-corrected chi connectivity index (χ0v) is 20.8. The molecule has 2 aromatic rings. The van der Waals surface area contributed by atoms with E-state index in [1.807, 2.05) is 13.8 Å². The molecule has 1 aliphatic heterocycles. The Kier molecular flexibility index (Phi) is 7.61. The smallest absolute Gasteiger partial charge is 0.265 e. The van der Waals surface area contributed by atoms with Crippen LogP contribution >= 0.6 is 44.1 Å². The quantitative estimate of drug-likeness (QED) is 0.269. The van der Waals surface area contributed by atoms with Gasteiger partial charge in [0.2, 0.25) is 0 Å². The normalized spacial score (nSPS) is 14.4. The van der Waals surface area contributed by atoms with Gasteiger partial charge in [0.15, 0.2) is 5.11 Å². The Morgan fingerprint density at radius 3 is 2.00 bits per heavy atom. The number of thiocarbonyl (C=S) groups is 1. The first-order valence-corrected chi connectivity index (χ1v) is 11.5. The van der Waals surface area contributed by atoms with Gasteiger partial charge in [-0.25, -0.2) is 4.39 Å². The maximum atomic E-state index is 13.1. The monoisotopic (exact) mass is 568 g/mol. The number of halogens is 3. The van der Waals surface area contributed by atoms with Crippen molar-refractivity contribution in [1.82, 2.24) is 9.80 Å². The predicted octanol–water partition coefficient (Wildman–Crippen LogP) is 5.31. The molecule has 162 valence electrons. The van der Waals surface area contributed by atoms with E-state index < -0.39 is 11.8 Å². The van der Waals surface area contributed by atoms with Crippen molar-refractivity contribution in [2.75, 3.05) is 13.1 Å². The van der Waals surface area contributed by atoms with Crippen molar-refractivity contribution in [3.63, 3.8) is 0 Å². The fourth-order valence-corrected chi connectivity index (χ4v) is 4.96. The highest BCUT2D eigenvalue weighted by molar-refractivity contribution is 9.11. The van der Waals surface area contributed by atoms with Gasteiger partial charge in [0.25, 0.3) is 11.8 Å². The third-order valence-corrected chi connectivity index (χ3v) is 6.29. The third-order valence-electron chi connectivity index (χ3n) is 4.67. The summed E-state index contributed by atoms with van der Waals surface area (Å²) in [6, 6.07) is 9.58. The summed E-state index contributed by atoms with van der Waals surface area (Å²) in [4.78, 5) is 28.4. The molecular weight excluding hydrogens is 551 g/mol. The van der Waals surface area contributed by atoms with Crippen LogP contribution in [0.3, 0.4) is 0 Å². The number of carbonyl (C=O) groups excluding carboxylic acids is 2. The molecule has 1 fully saturated rings. The summed E-state index contributed by atoms with van der Waals surface area (Å²) in [5.41, 5.74) is 1.51. The van der Waals surface area contributed by atoms with E-state index in [0.717, 1.165) is 5.56 Å². The molecule has 0 bridgehead atoms. The van der Waals surface area contributed by atoms with Gasteiger partial charge in [0.1, 0.15) is 23.7 Å². The highest BCUT2D eigenvalue weighted by Crippen LogP contribution is 2.36. The zero-order valence-electron chi connectivity index (χ0n) is 16.8. The molecule has 1 aliphatic rings. The topological polar surface area (TPSA) is 49.9 Å². The fourth-order valence-electron chi connectivity index (χ4n) is 3.09. The Morgan fingerprint density at radius 1 is 1.00 bits per heavy atom. The first-order valence-electron chi connectivity index (χ1n) is 9.52. The summed E-state index contributed by atoms with van der Waals surface area (Å²) in [6.07, 6.45) is 1.55. The molecule has 2 amide bonds. The van der Waals surface area contributed by atoms with Gasteiger partial charge in [-0.3, -0.25) is 19.4 Å². The Bertz CT molecular complexity index is 1020. The van der Waals surface area contributed by atoms with Crippen LogP contribution in [0, 0.1) is 5.82 Å². The molecule has 0 aliphatic carbocycles. The van der Waals surface area contributed by atoms with Crippen molar-refractivity contribution in [2.24, 2.45) is 0 Å². The summed E-state index contributed by atoms with van der Waals surface area (Å²) in [5, 5.41) is 0.226. The van der Waals surface area contributed by atoms with Crippen LogP contribution in [0.15, 0.2) is 50.9 Å². The number of likely N-dealkylation sites (N-methyl/N-ethyl adjacent to an activating group) is 2. The van der Waals surface area contributed by atoms with E-state index in [4.69, 9.17) is 17.0 Å². The van der Waals surface area contributed by atoms with E-state index in [1.165, 1.54) is 21.9 Å². The second-order valence-corrected chi connectivity index (χ2v) is 8.74. The molecule has 0 saturated carbocycles. The molecular formula is C22H19Br2FN2O3S. The van der Waals surface area contributed by atoms with E-state index >= 15 is 0 Å². The van der Waals surface area contributed by atoms with Crippen molar-refractivity contribution >= 4 is 67.1 Å². The van der Waals surface area contributed by atoms with Gasteiger partial charge < -0.3 is 4.74 Å². The lowest BCUT2D eigenvalue weighted by Gasteiger charge is -2.35. The first kappa shape index (κ1) is 23.6. The predicted molar refractivity (Wildman–Crippen MR) is 128 cm³/mol. The van der Waals surface area contributed by atoms with Crippen LogP contribution in [0.2, 0.25) is 0 Å². The Balaban J connectivity index is 1.88. The lowest BCUT2D eigenvalue weighted by molar-refractivity contribution is -0.133. The maximum absolute atomic E-state index is 13.1. The van der Waals surface area contributed by atoms with Crippen LogP contribution in [-0.2, 0) is 16.2 Å². The van der Waals surface area contributed by atoms with Gasteiger partial charge in [-0.05, 0) is 99.4 Å². The maximum Gasteiger partial charge on any atom is 0.265 e. The SMILES string of the molecule is CCN1C(=O)C(=Cc2cc(Br)c(OCc3ccc(F)cc3)c(Br)c2)C(=O)N(CC)C1=S. The second kappa shape index (κ2) is 10.0. The number of hydrogen-bond donors (Lipinski definition) is 0. The van der Waals surface area contributed by atoms with Crippen molar-refractivity contribution < 1.29 is 18.7 Å². The molecule has 1 saturated heterocycles. The molecule has 0 spiro atoms. The molecule has 0 N–H and O–H groups in total. The highest BCUT2D eigenvalue weighted by Gasteiger charge is 2.37. The molecule has 0 atom stereocenters. The Morgan fingerprint density at radius 2 is 1.52 bits per heavy atom. The van der Waals surface area contributed by atoms with Gasteiger partial charge in [0, 0.05) is 13.1 Å². The standard InChI is InChI=1S/C22H19Br2FN2O3S/c1-3-26-20(28)16(21(29)27(4-2)22(26)31)9-14-10-17(23)19(18(24)11-14)30-12-13-5-7-15(25)8-6-13/h5-11H,3-4,12H2,1-2H3. The number of carbonyl (C=O) groups is 2. The van der Waals surface area contributed by atoms with Crippen molar-refractivity contribution in [3.05, 3.63) is 67.9 Å². The number of hydrogen-bond acceptors (Lipinski definition) is 4. The van der Waals surface area contributed by atoms with Crippen LogP contribution in [0.5, 0.6) is 5.75 Å². The lowest BCUT2D eigenvalue weighted by Crippen LogP contribution is -2.55. The number of nitrogens with zero attached hydrogens (tertiary/aromatic N) is 2. The van der Waals surface area contributed by atoms with E-state index in [9.17, 15) is 14.0 Å². The van der Waals surface area contributed by atoms with E-state index in [-0.39, 0.29) is 23.1 Å². The molecule has 31 heavy (non-hydrogen) atoms. The van der Waals surface area contributed by atoms with Gasteiger partial charge in [-0.15, -0.1) is 0 Å². The molecule has 3 rings (SSSR count). The minimum absolute atomic E-state index is 0.0519. The number of amides is 2. The van der Waals surface area contributed by atoms with Crippen LogP contribution in [-0.4, -0.2) is 39.8 Å². The molecule has 5 nitrogen and oxygen atoms in total. The molecule has 0 aromatic heterocycles. The molecule has 9 heteroatoms. The number of benzene rings is 2. The second-order valence-electron chi connectivity index (χ2n) is 6.67. The van der Waals surface area contributed by atoms with E-state index in [2.05, 4.69) is 31.9 Å². The number of ether oxygens (including phenoxy) is 1. The van der Waals surface area contributed by atoms with Crippen LogP contribution in [0.1, 0.15) is 25.0 Å². The zero-order chi connectivity index (χ0) is 22.7. The molecule has 1 heterocycles. The van der Waals surface area contributed by atoms with Crippen LogP contribution < -0.4 is 4.74 Å². The summed E-state index contributed by atoms with van der Waals surface area (Å²) < 4.78 is 20.2. The minimum atomic E-state index is -0.411. The van der Waals surface area contributed by atoms with Gasteiger partial charge in [-0.1, -0.05) is 12.1 Å². The van der Waals surface area contributed by atoms with Crippen LogP contribution in [0.25, 0.3) is 6.08 Å². The highest BCUT2D eigenvalue weighted by atomic mass is 79.9.